The first-order valence-corrected chi connectivity index (χ1v) is 18.1. The molecule has 3 rings (SSSR count). The number of hydrogen-bond donors (Lipinski definition) is 4. The van der Waals surface area contributed by atoms with Crippen molar-refractivity contribution >= 4 is 35.0 Å². The van der Waals surface area contributed by atoms with Gasteiger partial charge in [0.1, 0.15) is 17.8 Å². The Labute approximate surface area is 288 Å². The van der Waals surface area contributed by atoms with Gasteiger partial charge in [-0.15, -0.1) is 11.3 Å². The van der Waals surface area contributed by atoms with Crippen LogP contribution < -0.4 is 15.4 Å². The van der Waals surface area contributed by atoms with Crippen molar-refractivity contribution in [3.05, 3.63) is 35.0 Å². The summed E-state index contributed by atoms with van der Waals surface area (Å²) in [5.74, 6) is -1.14. The van der Waals surface area contributed by atoms with E-state index in [2.05, 4.69) is 15.6 Å². The average molecular weight is 687 g/mol. The van der Waals surface area contributed by atoms with Crippen molar-refractivity contribution in [2.24, 2.45) is 5.41 Å². The number of aliphatic hydroxyl groups excluding tert-OH is 1. The predicted molar refractivity (Wildman–Crippen MR) is 187 cm³/mol. The zero-order valence-electron chi connectivity index (χ0n) is 29.2. The third-order valence-electron chi connectivity index (χ3n) is 8.65. The fourth-order valence-electron chi connectivity index (χ4n) is 5.98. The molecule has 11 nitrogen and oxygen atoms in total. The molecule has 1 saturated heterocycles. The number of aliphatic carboxylic acids is 1. The number of likely N-dealkylation sites (tertiary alicyclic amines) is 1. The number of carboxylic acid groups (broad SMARTS) is 1. The summed E-state index contributed by atoms with van der Waals surface area (Å²) in [6.07, 6.45) is 8.81. The van der Waals surface area contributed by atoms with E-state index in [-0.39, 0.29) is 37.7 Å². The maximum Gasteiger partial charge on any atom is 0.303 e. The normalized spacial score (nSPS) is 16.8. The van der Waals surface area contributed by atoms with Crippen molar-refractivity contribution < 1.29 is 34.1 Å². The van der Waals surface area contributed by atoms with Gasteiger partial charge in [-0.25, -0.2) is 4.98 Å². The molecule has 3 amide bonds. The highest BCUT2D eigenvalue weighted by molar-refractivity contribution is 7.13. The number of aryl methyl sites for hydroxylation is 1. The molecule has 2 heterocycles. The highest BCUT2D eigenvalue weighted by Crippen LogP contribution is 2.32. The molecule has 0 saturated carbocycles. The zero-order chi connectivity index (χ0) is 35.3. The topological polar surface area (TPSA) is 158 Å². The first-order valence-electron chi connectivity index (χ1n) is 17.2. The third kappa shape index (κ3) is 12.2. The minimum atomic E-state index is -0.862. The molecule has 266 valence electrons. The number of ether oxygens (including phenoxy) is 1. The van der Waals surface area contributed by atoms with Crippen LogP contribution in [-0.4, -0.2) is 75.1 Å². The molecule has 0 bridgehead atoms. The van der Waals surface area contributed by atoms with Crippen LogP contribution in [0.2, 0.25) is 0 Å². The Hall–Kier alpha value is -3.51. The molecule has 1 aromatic carbocycles. The smallest absolute Gasteiger partial charge is 0.303 e. The minimum Gasteiger partial charge on any atom is -0.493 e. The van der Waals surface area contributed by atoms with Crippen molar-refractivity contribution in [1.29, 1.82) is 0 Å². The summed E-state index contributed by atoms with van der Waals surface area (Å²) in [7, 11) is 0. The summed E-state index contributed by atoms with van der Waals surface area (Å²) in [5.41, 5.74) is 3.96. The third-order valence-corrected chi connectivity index (χ3v) is 9.62. The van der Waals surface area contributed by atoms with Gasteiger partial charge in [0.05, 0.1) is 28.8 Å². The van der Waals surface area contributed by atoms with Crippen LogP contribution in [-0.2, 0) is 25.7 Å². The van der Waals surface area contributed by atoms with Crippen molar-refractivity contribution in [3.63, 3.8) is 0 Å². The molecule has 1 aliphatic heterocycles. The number of aromatic nitrogens is 1. The highest BCUT2D eigenvalue weighted by atomic mass is 32.1. The molecule has 0 unspecified atom stereocenters. The molecular formula is C36H54N4O7S. The number of carbonyl (C=O) groups is 4. The SMILES string of the molecule is CC(=O)N[C@H](C(=O)N1C[C@H](O)C[C@H]1C(=O)NCc1ccc(-c2scnc2C)cc1OCCCCCCCCCCCC(=O)O)C(C)(C)C. The first kappa shape index (κ1) is 38.9. The Morgan fingerprint density at radius 2 is 1.69 bits per heavy atom. The summed E-state index contributed by atoms with van der Waals surface area (Å²) in [5, 5.41) is 24.9. The number of thiazole rings is 1. The second-order valence-corrected chi connectivity index (χ2v) is 14.7. The van der Waals surface area contributed by atoms with Gasteiger partial charge in [0.2, 0.25) is 17.7 Å². The van der Waals surface area contributed by atoms with E-state index < -0.39 is 35.5 Å². The Morgan fingerprint density at radius 1 is 1.04 bits per heavy atom. The van der Waals surface area contributed by atoms with Crippen LogP contribution in [0.25, 0.3) is 10.4 Å². The molecule has 1 aromatic heterocycles. The molecule has 0 spiro atoms. The molecule has 48 heavy (non-hydrogen) atoms. The standard InChI is InChI=1S/C36H54N4O7S/c1-24-32(48-23-38-24)26-16-17-27(30(19-26)47-18-14-12-10-8-6-7-9-11-13-15-31(43)44)21-37-34(45)29-20-28(42)22-40(29)35(46)33(36(3,4)5)39-25(2)41/h16-17,19,23,28-29,33,42H,6-15,18,20-22H2,1-5H3,(H,37,45)(H,39,41)(H,43,44)/t28-,29+,33-/m1/s1. The van der Waals surface area contributed by atoms with Crippen molar-refractivity contribution in [2.45, 2.75) is 130 Å². The van der Waals surface area contributed by atoms with E-state index in [1.807, 2.05) is 51.4 Å². The predicted octanol–water partition coefficient (Wildman–Crippen LogP) is 5.61. The van der Waals surface area contributed by atoms with Crippen LogP contribution in [0.1, 0.15) is 110 Å². The number of rotatable bonds is 19. The number of amides is 3. The Kier molecular flexibility index (Phi) is 15.3. The van der Waals surface area contributed by atoms with Crippen LogP contribution in [0.5, 0.6) is 5.75 Å². The van der Waals surface area contributed by atoms with Gasteiger partial charge in [-0.2, -0.15) is 0 Å². The van der Waals surface area contributed by atoms with Crippen LogP contribution in [0.3, 0.4) is 0 Å². The number of carbonyl (C=O) groups excluding carboxylic acids is 3. The van der Waals surface area contributed by atoms with Gasteiger partial charge in [0.25, 0.3) is 0 Å². The molecule has 0 radical (unpaired) electrons. The quantitative estimate of drug-likeness (QED) is 0.139. The molecule has 12 heteroatoms. The van der Waals surface area contributed by atoms with E-state index in [0.29, 0.717) is 12.4 Å². The lowest BCUT2D eigenvalue weighted by Gasteiger charge is -2.35. The number of aliphatic hydroxyl groups is 1. The average Bonchev–Trinajstić information content (AvgIpc) is 3.63. The zero-order valence-corrected chi connectivity index (χ0v) is 30.0. The van der Waals surface area contributed by atoms with Crippen molar-refractivity contribution in [2.75, 3.05) is 13.2 Å². The number of β-amino-alcohol motifs (C(OH)–C–C–N with tert-alkyl or cyclic N) is 1. The molecule has 4 N–H and O–H groups in total. The molecule has 3 atom stereocenters. The summed E-state index contributed by atoms with van der Waals surface area (Å²) in [4.78, 5) is 56.4. The van der Waals surface area contributed by atoms with Gasteiger partial charge in [-0.1, -0.05) is 77.8 Å². The maximum absolute atomic E-state index is 13.6. The summed E-state index contributed by atoms with van der Waals surface area (Å²) >= 11 is 1.56. The molecular weight excluding hydrogens is 632 g/mol. The Morgan fingerprint density at radius 3 is 2.27 bits per heavy atom. The lowest BCUT2D eigenvalue weighted by Crippen LogP contribution is -2.57. The number of unbranched alkanes of at least 4 members (excludes halogenated alkanes) is 8. The summed E-state index contributed by atoms with van der Waals surface area (Å²) in [6.45, 7) is 9.61. The Balaban J connectivity index is 1.59. The first-order chi connectivity index (χ1) is 22.8. The number of nitrogens with zero attached hydrogens (tertiary/aromatic N) is 2. The monoisotopic (exact) mass is 686 g/mol. The van der Waals surface area contributed by atoms with Gasteiger partial charge < -0.3 is 30.5 Å². The van der Waals surface area contributed by atoms with E-state index in [4.69, 9.17) is 9.84 Å². The van der Waals surface area contributed by atoms with Crippen LogP contribution in [0.15, 0.2) is 23.7 Å². The second-order valence-electron chi connectivity index (χ2n) is 13.9. The number of benzene rings is 1. The molecule has 0 aliphatic carbocycles. The van der Waals surface area contributed by atoms with Gasteiger partial charge in [-0.3, -0.25) is 19.2 Å². The fourth-order valence-corrected chi connectivity index (χ4v) is 6.78. The van der Waals surface area contributed by atoms with Crippen LogP contribution in [0.4, 0.5) is 0 Å². The van der Waals surface area contributed by atoms with E-state index in [1.54, 1.807) is 11.3 Å². The fraction of sp³-hybridized carbons (Fsp3) is 0.639. The van der Waals surface area contributed by atoms with E-state index in [1.165, 1.54) is 11.8 Å². The lowest BCUT2D eigenvalue weighted by atomic mass is 9.85. The van der Waals surface area contributed by atoms with E-state index in [0.717, 1.165) is 79.5 Å². The van der Waals surface area contributed by atoms with Crippen molar-refractivity contribution in [3.8, 4) is 16.2 Å². The van der Waals surface area contributed by atoms with Crippen molar-refractivity contribution in [1.82, 2.24) is 20.5 Å². The number of nitrogens with one attached hydrogen (secondary N) is 2. The largest absolute Gasteiger partial charge is 0.493 e. The van der Waals surface area contributed by atoms with Gasteiger partial charge in [-0.05, 0) is 36.8 Å². The van der Waals surface area contributed by atoms with E-state index >= 15 is 0 Å². The van der Waals surface area contributed by atoms with Gasteiger partial charge in [0, 0.05) is 38.4 Å². The number of carboxylic acids is 1. The van der Waals surface area contributed by atoms with Gasteiger partial charge >= 0.3 is 5.97 Å². The minimum absolute atomic E-state index is 0.0210. The highest BCUT2D eigenvalue weighted by Gasteiger charge is 2.44. The Bertz CT molecular complexity index is 1370. The molecule has 1 fully saturated rings. The number of hydrogen-bond acceptors (Lipinski definition) is 8. The van der Waals surface area contributed by atoms with Crippen LogP contribution in [0, 0.1) is 12.3 Å². The second kappa shape index (κ2) is 18.9. The molecule has 1 aliphatic rings. The van der Waals surface area contributed by atoms with Gasteiger partial charge in [0.15, 0.2) is 0 Å². The summed E-state index contributed by atoms with van der Waals surface area (Å²) in [6, 6.07) is 4.23. The lowest BCUT2D eigenvalue weighted by molar-refractivity contribution is -0.143. The summed E-state index contributed by atoms with van der Waals surface area (Å²) < 4.78 is 6.29. The van der Waals surface area contributed by atoms with Crippen LogP contribution >= 0.6 is 11.3 Å². The maximum atomic E-state index is 13.6. The molecule has 2 aromatic rings. The van der Waals surface area contributed by atoms with E-state index in [9.17, 15) is 24.3 Å².